The molecule has 0 heterocycles. The summed E-state index contributed by atoms with van der Waals surface area (Å²) in [6.45, 7) is 0. The summed E-state index contributed by atoms with van der Waals surface area (Å²) < 4.78 is 0. The second-order valence-electron chi connectivity index (χ2n) is 3.80. The summed E-state index contributed by atoms with van der Waals surface area (Å²) in [5, 5.41) is 13.4. The van der Waals surface area contributed by atoms with Crippen molar-refractivity contribution in [3.63, 3.8) is 0 Å². The van der Waals surface area contributed by atoms with Crippen molar-refractivity contribution < 1.29 is 9.72 Å². The van der Waals surface area contributed by atoms with E-state index in [1.54, 1.807) is 11.8 Å². The number of nitrogens with zero attached hydrogens (tertiary/aromatic N) is 1. The number of non-ortho nitro benzene ring substituents is 1. The van der Waals surface area contributed by atoms with Crippen LogP contribution in [0.25, 0.3) is 0 Å². The topological polar surface area (TPSA) is 98.3 Å². The van der Waals surface area contributed by atoms with Crippen LogP contribution in [0.15, 0.2) is 18.2 Å². The van der Waals surface area contributed by atoms with E-state index in [9.17, 15) is 14.9 Å². The van der Waals surface area contributed by atoms with E-state index in [0.29, 0.717) is 6.42 Å². The van der Waals surface area contributed by atoms with E-state index in [1.807, 2.05) is 6.26 Å². The van der Waals surface area contributed by atoms with E-state index in [-0.39, 0.29) is 16.4 Å². The van der Waals surface area contributed by atoms with E-state index >= 15 is 0 Å². The van der Waals surface area contributed by atoms with Crippen molar-refractivity contribution in [2.24, 2.45) is 5.73 Å². The van der Waals surface area contributed by atoms with Crippen LogP contribution in [0.3, 0.4) is 0 Å². The molecule has 1 aromatic carbocycles. The number of carbonyl (C=O) groups excluding carboxylic acids is 1. The lowest BCUT2D eigenvalue weighted by atomic mass is 10.2. The Morgan fingerprint density at radius 2 is 2.32 bits per heavy atom. The number of nitrogens with one attached hydrogen (secondary N) is 1. The van der Waals surface area contributed by atoms with Gasteiger partial charge in [-0.15, -0.1) is 0 Å². The first kappa shape index (κ1) is 15.7. The van der Waals surface area contributed by atoms with Gasteiger partial charge in [-0.05, 0) is 24.5 Å². The molecule has 0 fully saturated rings. The van der Waals surface area contributed by atoms with Crippen LogP contribution in [0, 0.1) is 10.1 Å². The van der Waals surface area contributed by atoms with Crippen molar-refractivity contribution in [3.05, 3.63) is 33.3 Å². The second-order valence-corrected chi connectivity index (χ2v) is 5.19. The molecule has 6 nitrogen and oxygen atoms in total. The molecule has 0 aliphatic carbocycles. The van der Waals surface area contributed by atoms with Gasteiger partial charge in [0.15, 0.2) is 0 Å². The molecule has 0 aromatic heterocycles. The van der Waals surface area contributed by atoms with Crippen LogP contribution in [-0.4, -0.2) is 28.9 Å². The van der Waals surface area contributed by atoms with Crippen LogP contribution < -0.4 is 11.1 Å². The van der Waals surface area contributed by atoms with E-state index < -0.39 is 16.9 Å². The van der Waals surface area contributed by atoms with E-state index in [1.165, 1.54) is 18.2 Å². The van der Waals surface area contributed by atoms with Crippen molar-refractivity contribution in [1.29, 1.82) is 0 Å². The predicted molar refractivity (Wildman–Crippen MR) is 77.7 cm³/mol. The van der Waals surface area contributed by atoms with E-state index in [0.717, 1.165) is 5.75 Å². The highest BCUT2D eigenvalue weighted by molar-refractivity contribution is 7.98. The van der Waals surface area contributed by atoms with Crippen LogP contribution in [0.5, 0.6) is 0 Å². The molecule has 0 spiro atoms. The number of thioether (sulfide) groups is 1. The first-order chi connectivity index (χ1) is 8.95. The summed E-state index contributed by atoms with van der Waals surface area (Å²) >= 11 is 7.46. The van der Waals surface area contributed by atoms with Gasteiger partial charge in [0.1, 0.15) is 0 Å². The van der Waals surface area contributed by atoms with Gasteiger partial charge in [-0.2, -0.15) is 11.8 Å². The third kappa shape index (κ3) is 4.70. The molecule has 1 amide bonds. The van der Waals surface area contributed by atoms with Gasteiger partial charge in [0.05, 0.1) is 21.7 Å². The summed E-state index contributed by atoms with van der Waals surface area (Å²) in [6.07, 6.45) is 2.45. The molecule has 0 unspecified atom stereocenters. The fraction of sp³-hybridized carbons (Fsp3) is 0.364. The molecule has 1 atom stereocenters. The Morgan fingerprint density at radius 3 is 2.89 bits per heavy atom. The Morgan fingerprint density at radius 1 is 1.63 bits per heavy atom. The van der Waals surface area contributed by atoms with Crippen molar-refractivity contribution in [2.75, 3.05) is 17.3 Å². The summed E-state index contributed by atoms with van der Waals surface area (Å²) in [5.41, 5.74) is 5.75. The summed E-state index contributed by atoms with van der Waals surface area (Å²) in [5.74, 6) is 0.355. The Hall–Kier alpha value is -1.31. The molecule has 0 radical (unpaired) electrons. The lowest BCUT2D eigenvalue weighted by molar-refractivity contribution is -0.384. The zero-order chi connectivity index (χ0) is 14.4. The van der Waals surface area contributed by atoms with Crippen LogP contribution in [0.2, 0.25) is 5.02 Å². The maximum Gasteiger partial charge on any atom is 0.271 e. The average molecular weight is 304 g/mol. The number of anilines is 1. The quantitative estimate of drug-likeness (QED) is 0.620. The number of halogens is 1. The smallest absolute Gasteiger partial charge is 0.271 e. The molecule has 8 heteroatoms. The Kier molecular flexibility index (Phi) is 6.07. The molecule has 0 bridgehead atoms. The minimum atomic E-state index is -0.664. The minimum absolute atomic E-state index is 0.141. The zero-order valence-corrected chi connectivity index (χ0v) is 11.8. The number of nitro benzene ring substituents is 1. The van der Waals surface area contributed by atoms with Crippen molar-refractivity contribution >= 4 is 40.6 Å². The van der Waals surface area contributed by atoms with E-state index in [2.05, 4.69) is 5.32 Å². The van der Waals surface area contributed by atoms with Gasteiger partial charge in [0.25, 0.3) is 5.69 Å². The first-order valence-electron chi connectivity index (χ1n) is 5.45. The highest BCUT2D eigenvalue weighted by Gasteiger charge is 2.16. The average Bonchev–Trinajstić information content (AvgIpc) is 2.38. The third-order valence-electron chi connectivity index (χ3n) is 2.39. The van der Waals surface area contributed by atoms with Crippen molar-refractivity contribution in [1.82, 2.24) is 0 Å². The number of nitrogens with two attached hydrogens (primary N) is 1. The van der Waals surface area contributed by atoms with Gasteiger partial charge in [0, 0.05) is 12.1 Å². The molecule has 3 N–H and O–H groups in total. The molecule has 0 saturated heterocycles. The van der Waals surface area contributed by atoms with Gasteiger partial charge in [-0.25, -0.2) is 0 Å². The fourth-order valence-electron chi connectivity index (χ4n) is 1.32. The molecule has 0 aliphatic heterocycles. The normalized spacial score (nSPS) is 11.9. The number of nitro groups is 1. The first-order valence-corrected chi connectivity index (χ1v) is 7.22. The van der Waals surface area contributed by atoms with Crippen LogP contribution in [0.1, 0.15) is 6.42 Å². The lowest BCUT2D eigenvalue weighted by Crippen LogP contribution is -2.36. The Balaban J connectivity index is 2.78. The number of hydrogen-bond acceptors (Lipinski definition) is 5. The van der Waals surface area contributed by atoms with Crippen LogP contribution >= 0.6 is 23.4 Å². The van der Waals surface area contributed by atoms with Gasteiger partial charge >= 0.3 is 0 Å². The number of rotatable bonds is 6. The van der Waals surface area contributed by atoms with Gasteiger partial charge in [0.2, 0.25) is 5.91 Å². The van der Waals surface area contributed by atoms with Crippen molar-refractivity contribution in [3.8, 4) is 0 Å². The summed E-state index contributed by atoms with van der Waals surface area (Å²) in [6, 6.07) is 3.18. The predicted octanol–water partition coefficient (Wildman–Crippen LogP) is 2.27. The van der Waals surface area contributed by atoms with E-state index in [4.69, 9.17) is 17.3 Å². The Labute approximate surface area is 119 Å². The number of carbonyl (C=O) groups is 1. The van der Waals surface area contributed by atoms with Gasteiger partial charge in [-0.3, -0.25) is 14.9 Å². The molecular formula is C11H14ClN3O3S. The van der Waals surface area contributed by atoms with Crippen molar-refractivity contribution in [2.45, 2.75) is 12.5 Å². The van der Waals surface area contributed by atoms with Gasteiger partial charge in [-0.1, -0.05) is 11.6 Å². The second kappa shape index (κ2) is 7.32. The number of benzene rings is 1. The monoisotopic (exact) mass is 303 g/mol. The Bertz CT molecular complexity index is 484. The highest BCUT2D eigenvalue weighted by atomic mass is 35.5. The zero-order valence-electron chi connectivity index (χ0n) is 10.3. The maximum atomic E-state index is 11.8. The molecule has 0 aliphatic rings. The largest absolute Gasteiger partial charge is 0.323 e. The van der Waals surface area contributed by atoms with Gasteiger partial charge < -0.3 is 11.1 Å². The third-order valence-corrected chi connectivity index (χ3v) is 3.36. The molecule has 1 aromatic rings. The highest BCUT2D eigenvalue weighted by Crippen LogP contribution is 2.26. The molecule has 0 saturated carbocycles. The van der Waals surface area contributed by atoms with Crippen LogP contribution in [0.4, 0.5) is 11.4 Å². The number of hydrogen-bond donors (Lipinski definition) is 2. The molecular weight excluding hydrogens is 290 g/mol. The number of amides is 1. The minimum Gasteiger partial charge on any atom is -0.323 e. The lowest BCUT2D eigenvalue weighted by Gasteiger charge is -2.12. The fourth-order valence-corrected chi connectivity index (χ4v) is 1.98. The SMILES string of the molecule is CSCC[C@@H](N)C(=O)Nc1cc([N+](=O)[O-])ccc1Cl. The molecule has 19 heavy (non-hydrogen) atoms. The maximum absolute atomic E-state index is 11.8. The molecule has 1 rings (SSSR count). The van der Waals surface area contributed by atoms with Crippen LogP contribution in [-0.2, 0) is 4.79 Å². The summed E-state index contributed by atoms with van der Waals surface area (Å²) in [4.78, 5) is 21.9. The standard InChI is InChI=1S/C11H14ClN3O3S/c1-19-5-4-9(13)11(16)14-10-6-7(15(17)18)2-3-8(10)12/h2-3,6,9H,4-5,13H2,1H3,(H,14,16)/t9-/m1/s1. The molecule has 104 valence electrons. The summed E-state index contributed by atoms with van der Waals surface area (Å²) in [7, 11) is 0.